The minimum absolute atomic E-state index is 0.0742. The van der Waals surface area contributed by atoms with Gasteiger partial charge in [-0.1, -0.05) is 0 Å². The molecule has 0 fully saturated rings. The molecule has 0 aliphatic carbocycles. The lowest BCUT2D eigenvalue weighted by Crippen LogP contribution is -2.34. The lowest BCUT2D eigenvalue weighted by molar-refractivity contribution is 0.0943. The number of aromatic hydroxyl groups is 1. The zero-order valence-electron chi connectivity index (χ0n) is 9.16. The first-order valence-electron chi connectivity index (χ1n) is 4.83. The second-order valence-corrected chi connectivity index (χ2v) is 5.26. The lowest BCUT2D eigenvalue weighted by Gasteiger charge is -2.12. The van der Waals surface area contributed by atoms with Gasteiger partial charge in [0.2, 0.25) is 0 Å². The van der Waals surface area contributed by atoms with Gasteiger partial charge in [-0.15, -0.1) is 0 Å². The third-order valence-electron chi connectivity index (χ3n) is 2.00. The largest absolute Gasteiger partial charge is 0.507 e. The summed E-state index contributed by atoms with van der Waals surface area (Å²) in [5.74, 6) is 0.781. The quantitative estimate of drug-likeness (QED) is 0.899. The number of hydrogen-bond donors (Lipinski definition) is 2. The van der Waals surface area contributed by atoms with Gasteiger partial charge < -0.3 is 10.4 Å². The van der Waals surface area contributed by atoms with Crippen LogP contribution >= 0.6 is 27.7 Å². The molecule has 1 rings (SSSR count). The van der Waals surface area contributed by atoms with Crippen LogP contribution in [0.2, 0.25) is 0 Å². The molecule has 0 aliphatic heterocycles. The van der Waals surface area contributed by atoms with Gasteiger partial charge in [-0.3, -0.25) is 4.79 Å². The number of thioether (sulfide) groups is 1. The Labute approximate surface area is 108 Å². The number of phenolic OH excluding ortho intramolecular Hbond substituents is 1. The van der Waals surface area contributed by atoms with E-state index < -0.39 is 0 Å². The summed E-state index contributed by atoms with van der Waals surface area (Å²) < 4.78 is 0.584. The van der Waals surface area contributed by atoms with E-state index in [1.807, 2.05) is 13.2 Å². The molecule has 1 aromatic carbocycles. The Balaban J connectivity index is 2.69. The number of rotatable bonds is 4. The number of halogens is 1. The highest BCUT2D eigenvalue weighted by Crippen LogP contribution is 2.24. The average Bonchev–Trinajstić information content (AvgIpc) is 2.22. The molecule has 0 aliphatic rings. The van der Waals surface area contributed by atoms with Gasteiger partial charge in [0.15, 0.2) is 0 Å². The number of carbonyl (C=O) groups is 1. The van der Waals surface area contributed by atoms with E-state index in [9.17, 15) is 9.90 Å². The third kappa shape index (κ3) is 3.72. The molecule has 1 unspecified atom stereocenters. The van der Waals surface area contributed by atoms with Gasteiger partial charge in [0.25, 0.3) is 5.91 Å². The third-order valence-corrected chi connectivity index (χ3v) is 3.51. The van der Waals surface area contributed by atoms with Crippen molar-refractivity contribution in [3.8, 4) is 5.75 Å². The standard InChI is InChI=1S/C11H14BrNO2S/c1-7(6-16-2)13-11(15)8-3-4-9(12)10(14)5-8/h3-5,7,14H,6H2,1-2H3,(H,13,15). The molecule has 3 nitrogen and oxygen atoms in total. The van der Waals surface area contributed by atoms with Gasteiger partial charge in [-0.25, -0.2) is 0 Å². The first-order valence-corrected chi connectivity index (χ1v) is 7.01. The van der Waals surface area contributed by atoms with Crippen molar-refractivity contribution >= 4 is 33.6 Å². The average molecular weight is 304 g/mol. The van der Waals surface area contributed by atoms with E-state index in [0.29, 0.717) is 10.0 Å². The summed E-state index contributed by atoms with van der Waals surface area (Å²) in [5.41, 5.74) is 0.466. The summed E-state index contributed by atoms with van der Waals surface area (Å²) in [6.07, 6.45) is 1.99. The Bertz CT molecular complexity index is 384. The predicted octanol–water partition coefficient (Wildman–Crippen LogP) is 2.64. The lowest BCUT2D eigenvalue weighted by atomic mass is 10.2. The first kappa shape index (κ1) is 13.4. The van der Waals surface area contributed by atoms with Crippen molar-refractivity contribution < 1.29 is 9.90 Å². The van der Waals surface area contributed by atoms with Crippen molar-refractivity contribution in [2.24, 2.45) is 0 Å². The molecular formula is C11H14BrNO2S. The maximum Gasteiger partial charge on any atom is 0.251 e. The monoisotopic (exact) mass is 303 g/mol. The SMILES string of the molecule is CSCC(C)NC(=O)c1ccc(Br)c(O)c1. The molecule has 1 aromatic rings. The summed E-state index contributed by atoms with van der Waals surface area (Å²) in [5, 5.41) is 12.3. The highest BCUT2D eigenvalue weighted by Gasteiger charge is 2.10. The summed E-state index contributed by atoms with van der Waals surface area (Å²) in [6.45, 7) is 1.95. The number of phenols is 1. The summed E-state index contributed by atoms with van der Waals surface area (Å²) in [4.78, 5) is 11.7. The zero-order valence-corrected chi connectivity index (χ0v) is 11.6. The van der Waals surface area contributed by atoms with Crippen LogP contribution in [-0.4, -0.2) is 29.1 Å². The molecule has 0 saturated carbocycles. The van der Waals surface area contributed by atoms with E-state index in [4.69, 9.17) is 0 Å². The van der Waals surface area contributed by atoms with Crippen LogP contribution in [-0.2, 0) is 0 Å². The molecule has 0 heterocycles. The van der Waals surface area contributed by atoms with E-state index >= 15 is 0 Å². The highest BCUT2D eigenvalue weighted by atomic mass is 79.9. The Hall–Kier alpha value is -0.680. The van der Waals surface area contributed by atoms with Crippen LogP contribution in [0.3, 0.4) is 0 Å². The Kier molecular flexibility index (Phi) is 5.15. The fourth-order valence-electron chi connectivity index (χ4n) is 1.25. The Morgan fingerprint density at radius 1 is 1.62 bits per heavy atom. The molecule has 0 saturated heterocycles. The second-order valence-electron chi connectivity index (χ2n) is 3.50. The maximum atomic E-state index is 11.7. The minimum atomic E-state index is -0.163. The topological polar surface area (TPSA) is 49.3 Å². The molecule has 0 aromatic heterocycles. The van der Waals surface area contributed by atoms with Crippen molar-refractivity contribution in [2.75, 3.05) is 12.0 Å². The molecule has 1 amide bonds. The van der Waals surface area contributed by atoms with Gasteiger partial charge in [-0.05, 0) is 47.3 Å². The normalized spacial score (nSPS) is 12.2. The van der Waals surface area contributed by atoms with E-state index in [0.717, 1.165) is 5.75 Å². The van der Waals surface area contributed by atoms with Crippen LogP contribution in [0, 0.1) is 0 Å². The van der Waals surface area contributed by atoms with Crippen LogP contribution in [0.4, 0.5) is 0 Å². The van der Waals surface area contributed by atoms with Crippen LogP contribution in [0.15, 0.2) is 22.7 Å². The first-order chi connectivity index (χ1) is 7.54. The zero-order chi connectivity index (χ0) is 12.1. The molecule has 1 atom stereocenters. The van der Waals surface area contributed by atoms with Crippen molar-refractivity contribution in [1.29, 1.82) is 0 Å². The summed E-state index contributed by atoms with van der Waals surface area (Å²) >= 11 is 4.85. The van der Waals surface area contributed by atoms with Gasteiger partial charge in [-0.2, -0.15) is 11.8 Å². The van der Waals surface area contributed by atoms with E-state index in [1.165, 1.54) is 6.07 Å². The molecule has 2 N–H and O–H groups in total. The molecule has 5 heteroatoms. The Morgan fingerprint density at radius 3 is 2.88 bits per heavy atom. The predicted molar refractivity (Wildman–Crippen MR) is 71.1 cm³/mol. The number of carbonyl (C=O) groups excluding carboxylic acids is 1. The van der Waals surface area contributed by atoms with E-state index in [-0.39, 0.29) is 17.7 Å². The maximum absolute atomic E-state index is 11.7. The molecule has 88 valence electrons. The van der Waals surface area contributed by atoms with Crippen molar-refractivity contribution in [2.45, 2.75) is 13.0 Å². The molecular weight excluding hydrogens is 290 g/mol. The number of amides is 1. The van der Waals surface area contributed by atoms with Crippen molar-refractivity contribution in [3.05, 3.63) is 28.2 Å². The fraction of sp³-hybridized carbons (Fsp3) is 0.364. The smallest absolute Gasteiger partial charge is 0.251 e. The van der Waals surface area contributed by atoms with Crippen molar-refractivity contribution in [1.82, 2.24) is 5.32 Å². The number of nitrogens with one attached hydrogen (secondary N) is 1. The van der Waals surface area contributed by atoms with Crippen LogP contribution in [0.25, 0.3) is 0 Å². The summed E-state index contributed by atoms with van der Waals surface area (Å²) in [7, 11) is 0. The molecule has 16 heavy (non-hydrogen) atoms. The van der Waals surface area contributed by atoms with Crippen LogP contribution < -0.4 is 5.32 Å². The minimum Gasteiger partial charge on any atom is -0.507 e. The van der Waals surface area contributed by atoms with Gasteiger partial charge in [0.1, 0.15) is 5.75 Å². The van der Waals surface area contributed by atoms with Gasteiger partial charge in [0, 0.05) is 17.4 Å². The highest BCUT2D eigenvalue weighted by molar-refractivity contribution is 9.10. The van der Waals surface area contributed by atoms with Crippen molar-refractivity contribution in [3.63, 3.8) is 0 Å². The van der Waals surface area contributed by atoms with Gasteiger partial charge >= 0.3 is 0 Å². The number of benzene rings is 1. The molecule has 0 radical (unpaired) electrons. The fourth-order valence-corrected chi connectivity index (χ4v) is 2.08. The Morgan fingerprint density at radius 2 is 2.31 bits per heavy atom. The van der Waals surface area contributed by atoms with E-state index in [1.54, 1.807) is 23.9 Å². The molecule has 0 spiro atoms. The second kappa shape index (κ2) is 6.15. The van der Waals surface area contributed by atoms with Crippen LogP contribution in [0.1, 0.15) is 17.3 Å². The molecule has 0 bridgehead atoms. The van der Waals surface area contributed by atoms with Crippen LogP contribution in [0.5, 0.6) is 5.75 Å². The van der Waals surface area contributed by atoms with E-state index in [2.05, 4.69) is 21.2 Å². The number of hydrogen-bond acceptors (Lipinski definition) is 3. The summed E-state index contributed by atoms with van der Waals surface area (Å²) in [6, 6.07) is 4.90. The van der Waals surface area contributed by atoms with Gasteiger partial charge in [0.05, 0.1) is 4.47 Å².